The van der Waals surface area contributed by atoms with Crippen LogP contribution in [0, 0.1) is 6.92 Å². The Labute approximate surface area is 177 Å². The zero-order valence-corrected chi connectivity index (χ0v) is 17.6. The van der Waals surface area contributed by atoms with Gasteiger partial charge >= 0.3 is 0 Å². The van der Waals surface area contributed by atoms with E-state index in [2.05, 4.69) is 5.32 Å². The summed E-state index contributed by atoms with van der Waals surface area (Å²) in [5.41, 5.74) is 3.68. The number of nitrogens with zero attached hydrogens (tertiary/aromatic N) is 3. The summed E-state index contributed by atoms with van der Waals surface area (Å²) in [4.78, 5) is 17.4. The average Bonchev–Trinajstić information content (AvgIpc) is 3.33. The number of benzene rings is 2. The molecule has 3 heterocycles. The number of methoxy groups -OCH3 is 2. The van der Waals surface area contributed by atoms with E-state index in [1.807, 2.05) is 49.4 Å². The first-order valence-electron chi connectivity index (χ1n) is 9.56. The number of nitrogens with one attached hydrogen (secondary N) is 1. The van der Waals surface area contributed by atoms with E-state index < -0.39 is 0 Å². The van der Waals surface area contributed by atoms with Crippen molar-refractivity contribution in [3.63, 3.8) is 0 Å². The summed E-state index contributed by atoms with van der Waals surface area (Å²) >= 11 is 1.54. The minimum absolute atomic E-state index is 0.0624. The lowest BCUT2D eigenvalue weighted by molar-refractivity contribution is -0.116. The highest BCUT2D eigenvalue weighted by atomic mass is 32.1. The topological polar surface area (TPSA) is 78.3 Å². The fourth-order valence-electron chi connectivity index (χ4n) is 4.01. The molecule has 4 aromatic rings. The van der Waals surface area contributed by atoms with Gasteiger partial charge in [0.2, 0.25) is 11.0 Å². The predicted octanol–water partition coefficient (Wildman–Crippen LogP) is 4.28. The standard InChI is InChI=1S/C22H20N4O3S/c1-12-20-15(14-9-8-13(28-2)10-17(14)29-3)11-19(27)24-21(20)26(25-12)22-23-16-6-4-5-7-18(16)30-22/h4-10,15H,11H2,1-3H3,(H,24,27). The largest absolute Gasteiger partial charge is 0.497 e. The van der Waals surface area contributed by atoms with Crippen molar-refractivity contribution in [3.8, 4) is 16.6 Å². The van der Waals surface area contributed by atoms with Gasteiger partial charge in [0.25, 0.3) is 0 Å². The van der Waals surface area contributed by atoms with Crippen molar-refractivity contribution in [1.82, 2.24) is 14.8 Å². The number of ether oxygens (including phenoxy) is 2. The van der Waals surface area contributed by atoms with Crippen LogP contribution in [0.15, 0.2) is 42.5 Å². The number of aryl methyl sites for hydroxylation is 1. The van der Waals surface area contributed by atoms with Crippen LogP contribution in [-0.2, 0) is 4.79 Å². The Hall–Kier alpha value is -3.39. The second kappa shape index (κ2) is 7.14. The normalized spacial score (nSPS) is 15.7. The summed E-state index contributed by atoms with van der Waals surface area (Å²) in [7, 11) is 3.24. The Morgan fingerprint density at radius 3 is 2.77 bits per heavy atom. The molecule has 1 aliphatic rings. The van der Waals surface area contributed by atoms with Crippen LogP contribution in [0.1, 0.15) is 29.2 Å². The van der Waals surface area contributed by atoms with Gasteiger partial charge in [0.1, 0.15) is 17.3 Å². The monoisotopic (exact) mass is 420 g/mol. The Morgan fingerprint density at radius 2 is 2.00 bits per heavy atom. The summed E-state index contributed by atoms with van der Waals surface area (Å²) in [5.74, 6) is 1.83. The average molecular weight is 420 g/mol. The van der Waals surface area contributed by atoms with E-state index in [0.717, 1.165) is 32.2 Å². The number of para-hydroxylation sites is 1. The third-order valence-electron chi connectivity index (χ3n) is 5.38. The molecule has 2 aromatic carbocycles. The van der Waals surface area contributed by atoms with Gasteiger partial charge in [-0.05, 0) is 25.1 Å². The van der Waals surface area contributed by atoms with E-state index in [9.17, 15) is 4.79 Å². The van der Waals surface area contributed by atoms with Gasteiger partial charge in [0.05, 0.1) is 30.1 Å². The first-order chi connectivity index (χ1) is 14.6. The van der Waals surface area contributed by atoms with Gasteiger partial charge in [0, 0.05) is 29.5 Å². The summed E-state index contributed by atoms with van der Waals surface area (Å²) in [6.45, 7) is 1.96. The van der Waals surface area contributed by atoms with E-state index in [0.29, 0.717) is 23.7 Å². The molecule has 7 nitrogen and oxygen atoms in total. The maximum Gasteiger partial charge on any atom is 0.226 e. The third kappa shape index (κ3) is 2.91. The molecular formula is C22H20N4O3S. The van der Waals surface area contributed by atoms with Crippen LogP contribution < -0.4 is 14.8 Å². The molecule has 2 aromatic heterocycles. The molecule has 0 spiro atoms. The van der Waals surface area contributed by atoms with Crippen LogP contribution in [0.25, 0.3) is 15.3 Å². The van der Waals surface area contributed by atoms with Gasteiger partial charge in [-0.25, -0.2) is 4.98 Å². The number of fused-ring (bicyclic) bond motifs is 2. The maximum atomic E-state index is 12.7. The molecular weight excluding hydrogens is 400 g/mol. The number of carbonyl (C=O) groups excluding carboxylic acids is 1. The molecule has 1 N–H and O–H groups in total. The van der Waals surface area contributed by atoms with Crippen molar-refractivity contribution in [2.45, 2.75) is 19.3 Å². The van der Waals surface area contributed by atoms with Gasteiger partial charge < -0.3 is 14.8 Å². The fourth-order valence-corrected chi connectivity index (χ4v) is 4.93. The number of amides is 1. The van der Waals surface area contributed by atoms with Crippen LogP contribution in [0.4, 0.5) is 5.82 Å². The van der Waals surface area contributed by atoms with Crippen molar-refractivity contribution in [1.29, 1.82) is 0 Å². The second-order valence-electron chi connectivity index (χ2n) is 7.14. The van der Waals surface area contributed by atoms with E-state index >= 15 is 0 Å². The van der Waals surface area contributed by atoms with Crippen LogP contribution in [-0.4, -0.2) is 34.9 Å². The van der Waals surface area contributed by atoms with Crippen molar-refractivity contribution in [2.75, 3.05) is 19.5 Å². The Kier molecular flexibility index (Phi) is 4.43. The first kappa shape index (κ1) is 18.6. The number of aromatic nitrogens is 3. The maximum absolute atomic E-state index is 12.7. The van der Waals surface area contributed by atoms with E-state index in [1.54, 1.807) is 30.2 Å². The molecule has 0 bridgehead atoms. The molecule has 1 unspecified atom stereocenters. The lowest BCUT2D eigenvalue weighted by Crippen LogP contribution is -2.25. The van der Waals surface area contributed by atoms with Crippen LogP contribution in [0.5, 0.6) is 11.5 Å². The zero-order chi connectivity index (χ0) is 20.8. The number of rotatable bonds is 4. The third-order valence-corrected chi connectivity index (χ3v) is 6.39. The van der Waals surface area contributed by atoms with E-state index in [1.165, 1.54) is 0 Å². The number of thiazole rings is 1. The lowest BCUT2D eigenvalue weighted by Gasteiger charge is -2.25. The van der Waals surface area contributed by atoms with E-state index in [4.69, 9.17) is 19.6 Å². The van der Waals surface area contributed by atoms with Crippen molar-refractivity contribution < 1.29 is 14.3 Å². The first-order valence-corrected chi connectivity index (χ1v) is 10.4. The molecule has 1 aliphatic heterocycles. The Morgan fingerprint density at radius 1 is 1.17 bits per heavy atom. The van der Waals surface area contributed by atoms with Crippen molar-refractivity contribution in [2.24, 2.45) is 0 Å². The predicted molar refractivity (Wildman–Crippen MR) is 116 cm³/mol. The second-order valence-corrected chi connectivity index (χ2v) is 8.15. The zero-order valence-electron chi connectivity index (χ0n) is 16.8. The van der Waals surface area contributed by atoms with E-state index in [-0.39, 0.29) is 11.8 Å². The van der Waals surface area contributed by atoms with Crippen molar-refractivity contribution in [3.05, 3.63) is 59.3 Å². The quantitative estimate of drug-likeness (QED) is 0.533. The molecule has 1 atom stereocenters. The highest BCUT2D eigenvalue weighted by molar-refractivity contribution is 7.20. The van der Waals surface area contributed by atoms with Gasteiger partial charge in [-0.15, -0.1) is 0 Å². The van der Waals surface area contributed by atoms with Crippen LogP contribution in [0.3, 0.4) is 0 Å². The molecule has 8 heteroatoms. The van der Waals surface area contributed by atoms with Gasteiger partial charge in [-0.1, -0.05) is 29.5 Å². The minimum atomic E-state index is -0.169. The molecule has 1 amide bonds. The van der Waals surface area contributed by atoms with Gasteiger partial charge in [-0.2, -0.15) is 9.78 Å². The number of hydrogen-bond acceptors (Lipinski definition) is 6. The molecule has 152 valence electrons. The van der Waals surface area contributed by atoms with Gasteiger partial charge in [0.15, 0.2) is 0 Å². The van der Waals surface area contributed by atoms with Crippen LogP contribution in [0.2, 0.25) is 0 Å². The minimum Gasteiger partial charge on any atom is -0.497 e. The molecule has 0 saturated carbocycles. The SMILES string of the molecule is COc1ccc(C2CC(=O)Nc3c2c(C)nn3-c2nc3ccccc3s2)c(OC)c1. The molecule has 0 saturated heterocycles. The highest BCUT2D eigenvalue weighted by Gasteiger charge is 2.34. The number of anilines is 1. The molecule has 5 rings (SSSR count). The highest BCUT2D eigenvalue weighted by Crippen LogP contribution is 2.44. The number of hydrogen-bond donors (Lipinski definition) is 1. The number of carbonyl (C=O) groups is 1. The fraction of sp³-hybridized carbons (Fsp3) is 0.227. The van der Waals surface area contributed by atoms with Crippen molar-refractivity contribution >= 4 is 33.3 Å². The molecule has 0 fully saturated rings. The molecule has 0 radical (unpaired) electrons. The summed E-state index contributed by atoms with van der Waals surface area (Å²) in [6, 6.07) is 13.6. The Balaban J connectivity index is 1.67. The molecule has 0 aliphatic carbocycles. The molecule has 30 heavy (non-hydrogen) atoms. The summed E-state index contributed by atoms with van der Waals surface area (Å²) < 4.78 is 13.8. The summed E-state index contributed by atoms with van der Waals surface area (Å²) in [6.07, 6.45) is 0.321. The Bertz CT molecular complexity index is 1240. The van der Waals surface area contributed by atoms with Gasteiger partial charge in [-0.3, -0.25) is 4.79 Å². The van der Waals surface area contributed by atoms with Crippen LogP contribution >= 0.6 is 11.3 Å². The smallest absolute Gasteiger partial charge is 0.226 e. The lowest BCUT2D eigenvalue weighted by atomic mass is 9.85. The summed E-state index contributed by atoms with van der Waals surface area (Å²) in [5, 5.41) is 8.48.